The van der Waals surface area contributed by atoms with Crippen LogP contribution in [0.3, 0.4) is 0 Å². The van der Waals surface area contributed by atoms with Gasteiger partial charge >= 0.3 is 0 Å². The Morgan fingerprint density at radius 2 is 2.04 bits per heavy atom. The van der Waals surface area contributed by atoms with Gasteiger partial charge in [-0.05, 0) is 47.2 Å². The Kier molecular flexibility index (Phi) is 6.40. The van der Waals surface area contributed by atoms with Crippen molar-refractivity contribution in [1.82, 2.24) is 4.90 Å². The molecule has 0 aromatic heterocycles. The predicted molar refractivity (Wildman–Crippen MR) is 108 cm³/mol. The van der Waals surface area contributed by atoms with Crippen molar-refractivity contribution >= 4 is 11.6 Å². The van der Waals surface area contributed by atoms with Crippen molar-refractivity contribution in [2.24, 2.45) is 5.92 Å². The van der Waals surface area contributed by atoms with E-state index in [2.05, 4.69) is 42.3 Å². The summed E-state index contributed by atoms with van der Waals surface area (Å²) in [6.07, 6.45) is 5.52. The van der Waals surface area contributed by atoms with Gasteiger partial charge in [0.25, 0.3) is 0 Å². The second kappa shape index (κ2) is 8.96. The largest absolute Gasteiger partial charge is 0.326 e. The topological polar surface area (TPSA) is 32.3 Å². The van der Waals surface area contributed by atoms with Gasteiger partial charge in [0.15, 0.2) is 0 Å². The normalized spacial score (nSPS) is 14.5. The summed E-state index contributed by atoms with van der Waals surface area (Å²) in [5, 5.41) is 2.90. The number of carbonyl (C=O) groups is 1. The minimum Gasteiger partial charge on any atom is -0.326 e. The standard InChI is InChI=1S/C23H27FN2O/c1-17(2)6-5-12-26-13-11-18-9-10-21(14-20(18)16-26)25-23(27)15-19-7-3-4-8-22(19)24/h3-10,14,17H,11-13,15-16H2,1-2H3,(H,25,27). The molecule has 0 aliphatic carbocycles. The van der Waals surface area contributed by atoms with Crippen LogP contribution in [-0.2, 0) is 24.2 Å². The number of anilines is 1. The van der Waals surface area contributed by atoms with Crippen LogP contribution in [-0.4, -0.2) is 23.9 Å². The molecular formula is C23H27FN2O. The first kappa shape index (κ1) is 19.3. The van der Waals surface area contributed by atoms with Gasteiger partial charge in [-0.2, -0.15) is 0 Å². The maximum Gasteiger partial charge on any atom is 0.228 e. The quantitative estimate of drug-likeness (QED) is 0.759. The van der Waals surface area contributed by atoms with Gasteiger partial charge in [0.2, 0.25) is 5.91 Å². The van der Waals surface area contributed by atoms with Gasteiger partial charge in [0, 0.05) is 25.3 Å². The molecule has 1 aliphatic rings. The molecule has 1 aliphatic heterocycles. The molecule has 0 spiro atoms. The highest BCUT2D eigenvalue weighted by Gasteiger charge is 2.16. The molecule has 0 fully saturated rings. The van der Waals surface area contributed by atoms with E-state index in [4.69, 9.17) is 0 Å². The molecule has 0 atom stereocenters. The molecule has 3 nitrogen and oxygen atoms in total. The molecule has 0 bridgehead atoms. The van der Waals surface area contributed by atoms with Gasteiger partial charge in [-0.25, -0.2) is 4.39 Å². The minimum absolute atomic E-state index is 0.0376. The number of benzene rings is 2. The van der Waals surface area contributed by atoms with E-state index in [1.54, 1.807) is 18.2 Å². The molecule has 142 valence electrons. The van der Waals surface area contributed by atoms with E-state index in [0.29, 0.717) is 11.5 Å². The van der Waals surface area contributed by atoms with Gasteiger partial charge in [0.05, 0.1) is 6.42 Å². The first-order valence-electron chi connectivity index (χ1n) is 9.55. The molecule has 1 heterocycles. The van der Waals surface area contributed by atoms with E-state index in [1.165, 1.54) is 17.2 Å². The summed E-state index contributed by atoms with van der Waals surface area (Å²) in [4.78, 5) is 14.7. The van der Waals surface area contributed by atoms with Crippen molar-refractivity contribution < 1.29 is 9.18 Å². The zero-order valence-corrected chi connectivity index (χ0v) is 16.0. The van der Waals surface area contributed by atoms with E-state index in [9.17, 15) is 9.18 Å². The number of halogens is 1. The van der Waals surface area contributed by atoms with Crippen molar-refractivity contribution in [3.8, 4) is 0 Å². The fraction of sp³-hybridized carbons (Fsp3) is 0.348. The summed E-state index contributed by atoms with van der Waals surface area (Å²) >= 11 is 0. The van der Waals surface area contributed by atoms with Crippen LogP contribution in [0.1, 0.15) is 30.5 Å². The van der Waals surface area contributed by atoms with Crippen LogP contribution in [0.25, 0.3) is 0 Å². The molecule has 4 heteroatoms. The second-order valence-electron chi connectivity index (χ2n) is 7.46. The van der Waals surface area contributed by atoms with E-state index >= 15 is 0 Å². The maximum absolute atomic E-state index is 13.7. The molecule has 0 saturated carbocycles. The number of hydrogen-bond donors (Lipinski definition) is 1. The lowest BCUT2D eigenvalue weighted by Crippen LogP contribution is -2.30. The van der Waals surface area contributed by atoms with Gasteiger partial charge in [-0.1, -0.05) is 50.3 Å². The average Bonchev–Trinajstić information content (AvgIpc) is 2.63. The van der Waals surface area contributed by atoms with Crippen molar-refractivity contribution in [2.45, 2.75) is 33.2 Å². The Balaban J connectivity index is 1.62. The van der Waals surface area contributed by atoms with Crippen LogP contribution < -0.4 is 5.32 Å². The molecule has 0 saturated heterocycles. The van der Waals surface area contributed by atoms with Crippen LogP contribution >= 0.6 is 0 Å². The van der Waals surface area contributed by atoms with E-state index in [0.717, 1.165) is 31.7 Å². The third-order valence-corrected chi connectivity index (χ3v) is 4.77. The summed E-state index contributed by atoms with van der Waals surface area (Å²) in [5.74, 6) is 0.0223. The van der Waals surface area contributed by atoms with Crippen LogP contribution in [0, 0.1) is 11.7 Å². The predicted octanol–water partition coefficient (Wildman–Crippen LogP) is 4.58. The molecule has 1 N–H and O–H groups in total. The number of allylic oxidation sites excluding steroid dienone is 1. The smallest absolute Gasteiger partial charge is 0.228 e. The van der Waals surface area contributed by atoms with Crippen molar-refractivity contribution in [3.05, 3.63) is 77.1 Å². The summed E-state index contributed by atoms with van der Waals surface area (Å²) in [6.45, 7) is 7.24. The number of fused-ring (bicyclic) bond motifs is 1. The highest BCUT2D eigenvalue weighted by Crippen LogP contribution is 2.23. The zero-order valence-electron chi connectivity index (χ0n) is 16.0. The van der Waals surface area contributed by atoms with Crippen LogP contribution in [0.15, 0.2) is 54.6 Å². The average molecular weight is 366 g/mol. The summed E-state index contributed by atoms with van der Waals surface area (Å²) in [7, 11) is 0. The van der Waals surface area contributed by atoms with Gasteiger partial charge in [-0.3, -0.25) is 9.69 Å². The minimum atomic E-state index is -0.344. The lowest BCUT2D eigenvalue weighted by atomic mass is 9.99. The fourth-order valence-electron chi connectivity index (χ4n) is 3.35. The van der Waals surface area contributed by atoms with E-state index in [1.807, 2.05) is 12.1 Å². The Morgan fingerprint density at radius 3 is 2.81 bits per heavy atom. The number of nitrogens with one attached hydrogen (secondary N) is 1. The molecule has 3 rings (SSSR count). The Hall–Kier alpha value is -2.46. The number of carbonyl (C=O) groups excluding carboxylic acids is 1. The highest BCUT2D eigenvalue weighted by atomic mass is 19.1. The zero-order chi connectivity index (χ0) is 19.2. The molecular weight excluding hydrogens is 339 g/mol. The Morgan fingerprint density at radius 1 is 1.22 bits per heavy atom. The van der Waals surface area contributed by atoms with Crippen LogP contribution in [0.4, 0.5) is 10.1 Å². The molecule has 0 unspecified atom stereocenters. The monoisotopic (exact) mass is 366 g/mol. The summed E-state index contributed by atoms with van der Waals surface area (Å²) < 4.78 is 13.7. The fourth-order valence-corrected chi connectivity index (χ4v) is 3.35. The van der Waals surface area contributed by atoms with Crippen molar-refractivity contribution in [1.29, 1.82) is 0 Å². The highest BCUT2D eigenvalue weighted by molar-refractivity contribution is 5.92. The lowest BCUT2D eigenvalue weighted by molar-refractivity contribution is -0.115. The molecule has 27 heavy (non-hydrogen) atoms. The molecule has 1 amide bonds. The van der Waals surface area contributed by atoms with E-state index in [-0.39, 0.29) is 18.1 Å². The number of amides is 1. The maximum atomic E-state index is 13.7. The summed E-state index contributed by atoms with van der Waals surface area (Å²) in [6, 6.07) is 12.5. The van der Waals surface area contributed by atoms with E-state index < -0.39 is 0 Å². The number of nitrogens with zero attached hydrogens (tertiary/aromatic N) is 1. The van der Waals surface area contributed by atoms with Gasteiger partial charge < -0.3 is 5.32 Å². The van der Waals surface area contributed by atoms with Gasteiger partial charge in [-0.15, -0.1) is 0 Å². The van der Waals surface area contributed by atoms with Gasteiger partial charge in [0.1, 0.15) is 5.82 Å². The molecule has 2 aromatic rings. The molecule has 2 aromatic carbocycles. The van der Waals surface area contributed by atoms with Crippen molar-refractivity contribution in [2.75, 3.05) is 18.4 Å². The number of hydrogen-bond acceptors (Lipinski definition) is 2. The Labute approximate surface area is 160 Å². The first-order valence-corrected chi connectivity index (χ1v) is 9.55. The number of rotatable bonds is 6. The lowest BCUT2D eigenvalue weighted by Gasteiger charge is -2.28. The molecule has 0 radical (unpaired) electrons. The second-order valence-corrected chi connectivity index (χ2v) is 7.46. The SMILES string of the molecule is CC(C)C=CCN1CCc2ccc(NC(=O)Cc3ccccc3F)cc2C1. The third-order valence-electron chi connectivity index (χ3n) is 4.77. The van der Waals surface area contributed by atoms with Crippen LogP contribution in [0.2, 0.25) is 0 Å². The van der Waals surface area contributed by atoms with Crippen molar-refractivity contribution in [3.63, 3.8) is 0 Å². The first-order chi connectivity index (χ1) is 13.0. The third kappa shape index (κ3) is 5.51. The van der Waals surface area contributed by atoms with Crippen LogP contribution in [0.5, 0.6) is 0 Å². The Bertz CT molecular complexity index is 829. The summed E-state index contributed by atoms with van der Waals surface area (Å²) in [5.41, 5.74) is 3.78.